The number of sulfone groups is 1. The number of amides is 1. The number of hydroxylamine groups is 2. The van der Waals surface area contributed by atoms with E-state index in [-0.39, 0.29) is 48.3 Å². The summed E-state index contributed by atoms with van der Waals surface area (Å²) in [5.41, 5.74) is 0. The Labute approximate surface area is 187 Å². The molecule has 1 aliphatic heterocycles. The molecule has 1 N–H and O–H groups in total. The average Bonchev–Trinajstić information content (AvgIpc) is 2.75. The number of benzene rings is 2. The summed E-state index contributed by atoms with van der Waals surface area (Å²) in [5, 5.41) is 9.50. The fourth-order valence-electron chi connectivity index (χ4n) is 2.95. The highest BCUT2D eigenvalue weighted by Crippen LogP contribution is 2.28. The number of halogens is 3. The summed E-state index contributed by atoms with van der Waals surface area (Å²) in [6.07, 6.45) is -5.43. The summed E-state index contributed by atoms with van der Waals surface area (Å²) >= 11 is 0. The summed E-state index contributed by atoms with van der Waals surface area (Å²) in [7, 11) is -3.67. The van der Waals surface area contributed by atoms with Crippen molar-refractivity contribution in [2.75, 3.05) is 25.5 Å². The van der Waals surface area contributed by atoms with Crippen molar-refractivity contribution in [1.82, 2.24) is 5.06 Å². The van der Waals surface area contributed by atoms with Gasteiger partial charge in [-0.15, -0.1) is 13.2 Å². The van der Waals surface area contributed by atoms with Crippen molar-refractivity contribution in [2.45, 2.75) is 17.5 Å². The Kier molecular flexibility index (Phi) is 7.79. The Balaban J connectivity index is 1.54. The molecule has 33 heavy (non-hydrogen) atoms. The molecule has 1 heterocycles. The van der Waals surface area contributed by atoms with Crippen molar-refractivity contribution in [3.63, 3.8) is 0 Å². The van der Waals surface area contributed by atoms with Crippen LogP contribution in [-0.4, -0.2) is 63.3 Å². The molecule has 1 saturated heterocycles. The van der Waals surface area contributed by atoms with Gasteiger partial charge in [-0.05, 0) is 48.5 Å². The van der Waals surface area contributed by atoms with E-state index in [0.717, 1.165) is 12.1 Å². The predicted molar refractivity (Wildman–Crippen MR) is 105 cm³/mol. The van der Waals surface area contributed by atoms with Crippen LogP contribution in [0, 0.1) is 5.92 Å². The Morgan fingerprint density at radius 2 is 1.52 bits per heavy atom. The van der Waals surface area contributed by atoms with Crippen molar-refractivity contribution in [2.24, 2.45) is 5.92 Å². The zero-order valence-electron chi connectivity index (χ0n) is 17.0. The smallest absolute Gasteiger partial charge is 0.457 e. The molecule has 2 aromatic rings. The highest BCUT2D eigenvalue weighted by molar-refractivity contribution is 7.91. The molecular formula is C20H20F3NO8S. The number of rotatable bonds is 9. The lowest BCUT2D eigenvalue weighted by molar-refractivity contribution is -0.274. The van der Waals surface area contributed by atoms with E-state index in [1.165, 1.54) is 36.4 Å². The van der Waals surface area contributed by atoms with Gasteiger partial charge in [0.2, 0.25) is 6.41 Å². The normalized spacial score (nSPS) is 19.0. The molecule has 0 aliphatic carbocycles. The Hall–Kier alpha value is -2.87. The van der Waals surface area contributed by atoms with E-state index >= 15 is 0 Å². The van der Waals surface area contributed by atoms with Crippen LogP contribution in [0.1, 0.15) is 0 Å². The largest absolute Gasteiger partial charge is 0.573 e. The van der Waals surface area contributed by atoms with Crippen LogP contribution in [0.25, 0.3) is 0 Å². The molecule has 1 fully saturated rings. The number of nitrogens with zero attached hydrogens (tertiary/aromatic N) is 1. The van der Waals surface area contributed by atoms with Crippen LogP contribution in [-0.2, 0) is 24.1 Å². The molecule has 0 bridgehead atoms. The van der Waals surface area contributed by atoms with E-state index in [4.69, 9.17) is 19.4 Å². The molecule has 0 atom stereocenters. The number of alkyl halides is 3. The van der Waals surface area contributed by atoms with Crippen molar-refractivity contribution in [3.8, 4) is 17.2 Å². The third kappa shape index (κ3) is 7.60. The van der Waals surface area contributed by atoms with E-state index in [1.807, 2.05) is 0 Å². The lowest BCUT2D eigenvalue weighted by Crippen LogP contribution is -2.41. The van der Waals surface area contributed by atoms with Crippen molar-refractivity contribution >= 4 is 16.2 Å². The van der Waals surface area contributed by atoms with Gasteiger partial charge in [0.05, 0.1) is 30.4 Å². The third-order valence-corrected chi connectivity index (χ3v) is 6.33. The lowest BCUT2D eigenvalue weighted by Gasteiger charge is -2.30. The quantitative estimate of drug-likeness (QED) is 0.324. The second-order valence-corrected chi connectivity index (χ2v) is 9.10. The maximum atomic E-state index is 12.7. The van der Waals surface area contributed by atoms with Gasteiger partial charge < -0.3 is 18.9 Å². The molecule has 13 heteroatoms. The summed E-state index contributed by atoms with van der Waals surface area (Å²) < 4.78 is 81.9. The van der Waals surface area contributed by atoms with Crippen LogP contribution >= 0.6 is 0 Å². The first kappa shape index (κ1) is 24.8. The number of carbonyl (C=O) groups excluding carboxylic acids is 1. The van der Waals surface area contributed by atoms with Crippen LogP contribution in [0.15, 0.2) is 53.4 Å². The topological polar surface area (TPSA) is 112 Å². The van der Waals surface area contributed by atoms with Crippen LogP contribution in [0.4, 0.5) is 13.2 Å². The van der Waals surface area contributed by atoms with Crippen molar-refractivity contribution in [1.29, 1.82) is 0 Å². The molecule has 1 amide bonds. The SMILES string of the molecule is O=CN(O)CC1OCC(CS(=O)(=O)c2ccc(Oc3ccc(OC(F)(F)F)cc3)cc2)CO1. The van der Waals surface area contributed by atoms with Gasteiger partial charge in [-0.2, -0.15) is 0 Å². The van der Waals surface area contributed by atoms with Gasteiger partial charge in [0, 0.05) is 5.92 Å². The summed E-state index contributed by atoms with van der Waals surface area (Å²) in [6.45, 7) is -0.0415. The van der Waals surface area contributed by atoms with Crippen molar-refractivity contribution in [3.05, 3.63) is 48.5 Å². The van der Waals surface area contributed by atoms with E-state index in [2.05, 4.69) is 4.74 Å². The second-order valence-electron chi connectivity index (χ2n) is 7.06. The number of ether oxygens (including phenoxy) is 4. The van der Waals surface area contributed by atoms with Gasteiger partial charge in [-0.1, -0.05) is 0 Å². The molecule has 0 unspecified atom stereocenters. The van der Waals surface area contributed by atoms with Crippen LogP contribution in [0.2, 0.25) is 0 Å². The molecule has 9 nitrogen and oxygen atoms in total. The maximum Gasteiger partial charge on any atom is 0.573 e. The maximum absolute atomic E-state index is 12.7. The van der Waals surface area contributed by atoms with Crippen molar-refractivity contribution < 1.29 is 50.5 Å². The summed E-state index contributed by atoms with van der Waals surface area (Å²) in [4.78, 5) is 10.5. The fourth-order valence-corrected chi connectivity index (χ4v) is 4.50. The molecular weight excluding hydrogens is 471 g/mol. The Morgan fingerprint density at radius 1 is 1.00 bits per heavy atom. The second kappa shape index (κ2) is 10.4. The Bertz CT molecular complexity index is 1020. The minimum Gasteiger partial charge on any atom is -0.457 e. The van der Waals surface area contributed by atoms with E-state index in [9.17, 15) is 26.4 Å². The molecule has 180 valence electrons. The Morgan fingerprint density at radius 3 is 2.03 bits per heavy atom. The van der Waals surface area contributed by atoms with E-state index in [0.29, 0.717) is 5.06 Å². The van der Waals surface area contributed by atoms with Gasteiger partial charge in [0.25, 0.3) is 0 Å². The molecule has 3 rings (SSSR count). The molecule has 0 saturated carbocycles. The lowest BCUT2D eigenvalue weighted by atomic mass is 10.2. The minimum atomic E-state index is -4.79. The third-order valence-electron chi connectivity index (χ3n) is 4.42. The van der Waals surface area contributed by atoms with Crippen LogP contribution in [0.5, 0.6) is 17.2 Å². The number of hydrogen-bond donors (Lipinski definition) is 1. The van der Waals surface area contributed by atoms with Gasteiger partial charge in [0.1, 0.15) is 17.2 Å². The first-order valence-corrected chi connectivity index (χ1v) is 11.2. The average molecular weight is 491 g/mol. The highest BCUT2D eigenvalue weighted by Gasteiger charge is 2.31. The zero-order valence-corrected chi connectivity index (χ0v) is 17.8. The predicted octanol–water partition coefficient (Wildman–Crippen LogP) is 2.99. The monoisotopic (exact) mass is 491 g/mol. The summed E-state index contributed by atoms with van der Waals surface area (Å²) in [6, 6.07) is 10.3. The molecule has 0 aromatic heterocycles. The molecule has 0 spiro atoms. The molecule has 1 aliphatic rings. The van der Waals surface area contributed by atoms with E-state index < -0.39 is 34.2 Å². The fraction of sp³-hybridized carbons (Fsp3) is 0.350. The highest BCUT2D eigenvalue weighted by atomic mass is 32.2. The number of carbonyl (C=O) groups is 1. The van der Waals surface area contributed by atoms with Gasteiger partial charge in [-0.25, -0.2) is 13.5 Å². The van der Waals surface area contributed by atoms with E-state index in [1.54, 1.807) is 0 Å². The molecule has 2 aromatic carbocycles. The number of hydrogen-bond acceptors (Lipinski definition) is 8. The van der Waals surface area contributed by atoms with Crippen LogP contribution < -0.4 is 9.47 Å². The first-order chi connectivity index (χ1) is 15.5. The minimum absolute atomic E-state index is 0.0494. The van der Waals surface area contributed by atoms with Gasteiger partial charge in [0.15, 0.2) is 16.1 Å². The molecule has 0 radical (unpaired) electrons. The summed E-state index contributed by atoms with van der Waals surface area (Å²) in [5.74, 6) is -0.549. The van der Waals surface area contributed by atoms with Gasteiger partial charge >= 0.3 is 6.36 Å². The first-order valence-electron chi connectivity index (χ1n) is 9.54. The van der Waals surface area contributed by atoms with Gasteiger partial charge in [-0.3, -0.25) is 10.0 Å². The van der Waals surface area contributed by atoms with Crippen LogP contribution in [0.3, 0.4) is 0 Å². The standard InChI is InChI=1S/C20H20F3NO8S/c21-20(22,23)32-17-3-1-15(2-4-17)31-16-5-7-18(8-6-16)33(27,28)12-14-10-29-19(30-11-14)9-24(26)13-25/h1-8,13-14,19,26H,9-12H2. The zero-order chi connectivity index (χ0) is 24.1.